The highest BCUT2D eigenvalue weighted by Gasteiger charge is 2.16. The van der Waals surface area contributed by atoms with Crippen LogP contribution >= 0.6 is 0 Å². The lowest BCUT2D eigenvalue weighted by Crippen LogP contribution is -2.30. The number of nitro benzene ring substituents is 2. The number of nitrogens with zero attached hydrogens (tertiary/aromatic N) is 3. The smallest absolute Gasteiger partial charge is 0.274 e. The maximum absolute atomic E-state index is 12.1. The lowest BCUT2D eigenvalue weighted by Gasteiger charge is -2.16. The van der Waals surface area contributed by atoms with Crippen molar-refractivity contribution >= 4 is 23.0 Å². The number of hydrogen-bond acceptors (Lipinski definition) is 6. The Morgan fingerprint density at radius 3 is 2.38 bits per heavy atom. The SMILES string of the molecule is Cc1ccc(NC(=O)CN(C)Cc2ccccc2[N+](=O)[O-])cc1[N+](=O)[O-]. The molecule has 9 heteroatoms. The molecule has 1 amide bonds. The molecule has 0 saturated carbocycles. The molecular formula is C17H18N4O5. The van der Waals surface area contributed by atoms with Crippen LogP contribution in [-0.2, 0) is 11.3 Å². The number of rotatable bonds is 7. The van der Waals surface area contributed by atoms with E-state index in [2.05, 4.69) is 5.32 Å². The van der Waals surface area contributed by atoms with Crippen LogP contribution in [0.25, 0.3) is 0 Å². The van der Waals surface area contributed by atoms with Gasteiger partial charge in [0.05, 0.1) is 16.4 Å². The van der Waals surface area contributed by atoms with Gasteiger partial charge in [0.15, 0.2) is 0 Å². The highest BCUT2D eigenvalue weighted by molar-refractivity contribution is 5.92. The van der Waals surface area contributed by atoms with Crippen molar-refractivity contribution in [2.24, 2.45) is 0 Å². The molecule has 0 atom stereocenters. The van der Waals surface area contributed by atoms with Crippen LogP contribution in [0.2, 0.25) is 0 Å². The summed E-state index contributed by atoms with van der Waals surface area (Å²) < 4.78 is 0. The van der Waals surface area contributed by atoms with Crippen molar-refractivity contribution in [3.8, 4) is 0 Å². The third kappa shape index (κ3) is 4.84. The molecule has 0 radical (unpaired) electrons. The Balaban J connectivity index is 2.01. The van der Waals surface area contributed by atoms with Gasteiger partial charge in [-0.25, -0.2) is 0 Å². The molecule has 136 valence electrons. The number of carbonyl (C=O) groups is 1. The minimum atomic E-state index is -0.508. The van der Waals surface area contributed by atoms with Crippen LogP contribution in [0.15, 0.2) is 42.5 Å². The van der Waals surface area contributed by atoms with Crippen LogP contribution in [0.5, 0.6) is 0 Å². The molecule has 9 nitrogen and oxygen atoms in total. The molecule has 2 aromatic rings. The van der Waals surface area contributed by atoms with Gasteiger partial charge in [-0.1, -0.05) is 24.3 Å². The minimum absolute atomic E-state index is 0.00563. The van der Waals surface area contributed by atoms with Crippen LogP contribution in [0, 0.1) is 27.2 Å². The zero-order valence-corrected chi connectivity index (χ0v) is 14.3. The molecule has 0 saturated heterocycles. The highest BCUT2D eigenvalue weighted by atomic mass is 16.6. The molecule has 0 aliphatic rings. The molecule has 0 fully saturated rings. The third-order valence-electron chi connectivity index (χ3n) is 3.73. The van der Waals surface area contributed by atoms with Gasteiger partial charge in [0, 0.05) is 35.5 Å². The van der Waals surface area contributed by atoms with Crippen molar-refractivity contribution < 1.29 is 14.6 Å². The van der Waals surface area contributed by atoms with Crippen LogP contribution in [0.4, 0.5) is 17.1 Å². The number of likely N-dealkylation sites (N-methyl/N-ethyl adjacent to an activating group) is 1. The number of carbonyl (C=O) groups excluding carboxylic acids is 1. The molecule has 0 heterocycles. The van der Waals surface area contributed by atoms with E-state index >= 15 is 0 Å². The zero-order chi connectivity index (χ0) is 19.3. The summed E-state index contributed by atoms with van der Waals surface area (Å²) in [5.41, 5.74) is 1.25. The molecule has 1 N–H and O–H groups in total. The quantitative estimate of drug-likeness (QED) is 0.600. The first-order valence-corrected chi connectivity index (χ1v) is 7.73. The van der Waals surface area contributed by atoms with Crippen molar-refractivity contribution in [3.63, 3.8) is 0 Å². The van der Waals surface area contributed by atoms with Crippen LogP contribution in [0.1, 0.15) is 11.1 Å². The van der Waals surface area contributed by atoms with Crippen molar-refractivity contribution in [1.82, 2.24) is 4.90 Å². The Bertz CT molecular complexity index is 853. The number of nitro groups is 2. The van der Waals surface area contributed by atoms with E-state index in [1.807, 2.05) is 0 Å². The average molecular weight is 358 g/mol. The number of hydrogen-bond donors (Lipinski definition) is 1. The van der Waals surface area contributed by atoms with Gasteiger partial charge in [-0.2, -0.15) is 0 Å². The molecule has 0 aliphatic heterocycles. The first-order valence-electron chi connectivity index (χ1n) is 7.73. The van der Waals surface area contributed by atoms with Gasteiger partial charge in [-0.05, 0) is 20.0 Å². The van der Waals surface area contributed by atoms with Gasteiger partial charge in [0.25, 0.3) is 11.4 Å². The number of benzene rings is 2. The second-order valence-corrected chi connectivity index (χ2v) is 5.86. The minimum Gasteiger partial charge on any atom is -0.325 e. The molecule has 0 aliphatic carbocycles. The standard InChI is InChI=1S/C17H18N4O5/c1-12-7-8-14(9-16(12)21(25)26)18-17(22)11-19(2)10-13-5-3-4-6-15(13)20(23)24/h3-9H,10-11H2,1-2H3,(H,18,22). The van der Waals surface area contributed by atoms with E-state index < -0.39 is 9.85 Å². The largest absolute Gasteiger partial charge is 0.325 e. The van der Waals surface area contributed by atoms with Gasteiger partial charge in [-0.15, -0.1) is 0 Å². The van der Waals surface area contributed by atoms with Crippen LogP contribution in [-0.4, -0.2) is 34.2 Å². The Morgan fingerprint density at radius 2 is 1.73 bits per heavy atom. The lowest BCUT2D eigenvalue weighted by molar-refractivity contribution is -0.385. The second kappa shape index (κ2) is 8.17. The summed E-state index contributed by atoms with van der Waals surface area (Å²) in [6.45, 7) is 1.82. The molecule has 2 rings (SSSR count). The Kier molecular flexibility index (Phi) is 5.97. The summed E-state index contributed by atoms with van der Waals surface area (Å²) in [5.74, 6) is -0.371. The van der Waals surface area contributed by atoms with Crippen molar-refractivity contribution in [2.45, 2.75) is 13.5 Å². The topological polar surface area (TPSA) is 119 Å². The van der Waals surface area contributed by atoms with E-state index in [1.54, 1.807) is 49.2 Å². The Morgan fingerprint density at radius 1 is 1.08 bits per heavy atom. The summed E-state index contributed by atoms with van der Waals surface area (Å²) >= 11 is 0. The van der Waals surface area contributed by atoms with Crippen molar-refractivity contribution in [2.75, 3.05) is 18.9 Å². The fraction of sp³-hybridized carbons (Fsp3) is 0.235. The molecular weight excluding hydrogens is 340 g/mol. The van der Waals surface area contributed by atoms with E-state index in [0.717, 1.165) is 0 Å². The maximum atomic E-state index is 12.1. The van der Waals surface area contributed by atoms with E-state index in [1.165, 1.54) is 12.1 Å². The number of para-hydroxylation sites is 1. The normalized spacial score (nSPS) is 10.6. The third-order valence-corrected chi connectivity index (χ3v) is 3.73. The zero-order valence-electron chi connectivity index (χ0n) is 14.3. The first kappa shape index (κ1) is 19.0. The summed E-state index contributed by atoms with van der Waals surface area (Å²) in [6.07, 6.45) is 0. The van der Waals surface area contributed by atoms with E-state index in [4.69, 9.17) is 0 Å². The van der Waals surface area contributed by atoms with Crippen LogP contribution in [0.3, 0.4) is 0 Å². The van der Waals surface area contributed by atoms with Crippen molar-refractivity contribution in [1.29, 1.82) is 0 Å². The highest BCUT2D eigenvalue weighted by Crippen LogP contribution is 2.22. The number of aryl methyl sites for hydroxylation is 1. The molecule has 0 spiro atoms. The maximum Gasteiger partial charge on any atom is 0.274 e. The molecule has 0 unspecified atom stereocenters. The number of amides is 1. The Labute approximate surface area is 149 Å². The van der Waals surface area contributed by atoms with Crippen LogP contribution < -0.4 is 5.32 Å². The van der Waals surface area contributed by atoms with Gasteiger partial charge in [0.1, 0.15) is 0 Å². The fourth-order valence-corrected chi connectivity index (χ4v) is 2.50. The van der Waals surface area contributed by atoms with Gasteiger partial charge in [-0.3, -0.25) is 29.9 Å². The summed E-state index contributed by atoms with van der Waals surface area (Å²) in [6, 6.07) is 10.8. The average Bonchev–Trinajstić information content (AvgIpc) is 2.56. The molecule has 2 aromatic carbocycles. The fourth-order valence-electron chi connectivity index (χ4n) is 2.50. The molecule has 0 bridgehead atoms. The predicted octanol–water partition coefficient (Wildman–Crippen LogP) is 2.88. The lowest BCUT2D eigenvalue weighted by atomic mass is 10.1. The predicted molar refractivity (Wildman–Crippen MR) is 95.9 cm³/mol. The molecule has 0 aromatic heterocycles. The van der Waals surface area contributed by atoms with Gasteiger partial charge in [0.2, 0.25) is 5.91 Å². The van der Waals surface area contributed by atoms with Crippen molar-refractivity contribution in [3.05, 3.63) is 73.8 Å². The Hall–Kier alpha value is -3.33. The van der Waals surface area contributed by atoms with E-state index in [0.29, 0.717) is 16.8 Å². The number of nitrogens with one attached hydrogen (secondary N) is 1. The first-order chi connectivity index (χ1) is 12.3. The summed E-state index contributed by atoms with van der Waals surface area (Å²) in [4.78, 5) is 34.8. The number of anilines is 1. The van der Waals surface area contributed by atoms with E-state index in [9.17, 15) is 25.0 Å². The van der Waals surface area contributed by atoms with Gasteiger partial charge < -0.3 is 5.32 Å². The second-order valence-electron chi connectivity index (χ2n) is 5.86. The summed E-state index contributed by atoms with van der Waals surface area (Å²) in [7, 11) is 1.66. The van der Waals surface area contributed by atoms with Gasteiger partial charge >= 0.3 is 0 Å². The summed E-state index contributed by atoms with van der Waals surface area (Å²) in [5, 5.41) is 24.6. The monoisotopic (exact) mass is 358 g/mol. The van der Waals surface area contributed by atoms with E-state index in [-0.39, 0.29) is 30.4 Å². The molecule has 26 heavy (non-hydrogen) atoms.